The third kappa shape index (κ3) is 5.12. The van der Waals surface area contributed by atoms with E-state index in [-0.39, 0.29) is 18.4 Å². The van der Waals surface area contributed by atoms with Gasteiger partial charge in [0.05, 0.1) is 19.1 Å². The van der Waals surface area contributed by atoms with E-state index in [1.807, 2.05) is 0 Å². The normalized spacial score (nSPS) is 24.5. The Morgan fingerprint density at radius 2 is 2.00 bits per heavy atom. The number of nitrogens with one attached hydrogen (secondary N) is 1. The number of ether oxygens (including phenoxy) is 2. The monoisotopic (exact) mass is 349 g/mol. The molecule has 2 heterocycles. The Balaban J connectivity index is 1.88. The summed E-state index contributed by atoms with van der Waals surface area (Å²) in [4.78, 5) is 12.2. The third-order valence-electron chi connectivity index (χ3n) is 4.20. The minimum Gasteiger partial charge on any atom is -0.385 e. The topological polar surface area (TPSA) is 88.2 Å². The van der Waals surface area contributed by atoms with Crippen molar-refractivity contribution in [1.29, 1.82) is 0 Å². The summed E-state index contributed by atoms with van der Waals surface area (Å²) in [6.07, 6.45) is 2.19. The van der Waals surface area contributed by atoms with Crippen LogP contribution in [0.25, 0.3) is 0 Å². The average Bonchev–Trinajstić information content (AvgIpc) is 2.59. The summed E-state index contributed by atoms with van der Waals surface area (Å²) in [5.74, 6) is -0.343. The van der Waals surface area contributed by atoms with Crippen LogP contribution in [0.3, 0.4) is 0 Å². The molecule has 0 radical (unpaired) electrons. The van der Waals surface area contributed by atoms with Gasteiger partial charge in [0.1, 0.15) is 0 Å². The molecule has 9 heteroatoms. The highest BCUT2D eigenvalue weighted by atomic mass is 32.2. The van der Waals surface area contributed by atoms with E-state index in [9.17, 15) is 13.2 Å². The predicted octanol–water partition coefficient (Wildman–Crippen LogP) is -0.572. The Morgan fingerprint density at radius 1 is 1.26 bits per heavy atom. The molecule has 0 saturated carbocycles. The summed E-state index contributed by atoms with van der Waals surface area (Å²) in [7, 11) is -1.87. The van der Waals surface area contributed by atoms with Crippen LogP contribution >= 0.6 is 0 Å². The maximum absolute atomic E-state index is 12.7. The molecule has 0 aromatic carbocycles. The van der Waals surface area contributed by atoms with Crippen LogP contribution in [0.15, 0.2) is 0 Å². The average molecular weight is 349 g/mol. The Hall–Kier alpha value is -0.740. The van der Waals surface area contributed by atoms with Gasteiger partial charge in [-0.25, -0.2) is 0 Å². The summed E-state index contributed by atoms with van der Waals surface area (Å²) in [5.41, 5.74) is 0. The molecule has 2 rings (SSSR count). The fourth-order valence-corrected chi connectivity index (χ4v) is 4.54. The minimum absolute atomic E-state index is 0.0667. The number of carbonyl (C=O) groups excluding carboxylic acids is 1. The van der Waals surface area contributed by atoms with Crippen molar-refractivity contribution in [2.75, 3.05) is 59.7 Å². The van der Waals surface area contributed by atoms with Crippen LogP contribution in [0, 0.1) is 5.92 Å². The van der Waals surface area contributed by atoms with Crippen molar-refractivity contribution in [3.05, 3.63) is 0 Å². The van der Waals surface area contributed by atoms with Gasteiger partial charge in [0.15, 0.2) is 0 Å². The summed E-state index contributed by atoms with van der Waals surface area (Å²) in [5, 5.41) is 2.86. The van der Waals surface area contributed by atoms with E-state index in [0.29, 0.717) is 52.4 Å². The molecule has 1 atom stereocenters. The number of rotatable bonds is 7. The number of piperidine rings is 1. The van der Waals surface area contributed by atoms with Gasteiger partial charge in [0.2, 0.25) is 5.91 Å². The minimum atomic E-state index is -3.49. The first-order chi connectivity index (χ1) is 11.1. The highest BCUT2D eigenvalue weighted by Gasteiger charge is 2.36. The molecule has 0 aromatic heterocycles. The number of methoxy groups -OCH3 is 1. The molecule has 134 valence electrons. The third-order valence-corrected chi connectivity index (χ3v) is 6.20. The fraction of sp³-hybridized carbons (Fsp3) is 0.929. The predicted molar refractivity (Wildman–Crippen MR) is 85.1 cm³/mol. The maximum atomic E-state index is 12.7. The largest absolute Gasteiger partial charge is 0.385 e. The number of morpholine rings is 1. The lowest BCUT2D eigenvalue weighted by Crippen LogP contribution is -2.53. The first kappa shape index (κ1) is 18.6. The molecule has 2 fully saturated rings. The van der Waals surface area contributed by atoms with E-state index in [0.717, 1.165) is 12.8 Å². The van der Waals surface area contributed by atoms with Crippen LogP contribution in [0.5, 0.6) is 0 Å². The van der Waals surface area contributed by atoms with Crippen LogP contribution in [0.2, 0.25) is 0 Å². The van der Waals surface area contributed by atoms with E-state index in [4.69, 9.17) is 9.47 Å². The molecule has 2 saturated heterocycles. The molecule has 2 aliphatic heterocycles. The molecule has 1 N–H and O–H groups in total. The van der Waals surface area contributed by atoms with Crippen LogP contribution in [0.1, 0.15) is 19.3 Å². The van der Waals surface area contributed by atoms with Crippen molar-refractivity contribution in [2.45, 2.75) is 19.3 Å². The Labute approximate surface area is 138 Å². The number of hydrogen-bond acceptors (Lipinski definition) is 5. The summed E-state index contributed by atoms with van der Waals surface area (Å²) in [6.45, 7) is 3.51. The van der Waals surface area contributed by atoms with Gasteiger partial charge in [-0.1, -0.05) is 0 Å². The molecule has 0 bridgehead atoms. The van der Waals surface area contributed by atoms with Gasteiger partial charge in [-0.05, 0) is 19.3 Å². The standard InChI is InChI=1S/C14H27N3O5S/c1-21-9-3-5-15-14(18)13-4-2-6-17(12-13)23(19,20)16-7-10-22-11-8-16/h13H,2-12H2,1H3,(H,15,18). The molecule has 1 amide bonds. The zero-order chi connectivity index (χ0) is 16.7. The molecule has 23 heavy (non-hydrogen) atoms. The van der Waals surface area contributed by atoms with Gasteiger partial charge in [-0.15, -0.1) is 0 Å². The molecular formula is C14H27N3O5S. The first-order valence-electron chi connectivity index (χ1n) is 8.15. The van der Waals surface area contributed by atoms with Crippen LogP contribution in [-0.4, -0.2) is 82.6 Å². The SMILES string of the molecule is COCCCNC(=O)C1CCCN(S(=O)(=O)N2CCOCC2)C1. The smallest absolute Gasteiger partial charge is 0.282 e. The van der Waals surface area contributed by atoms with E-state index < -0.39 is 10.2 Å². The lowest BCUT2D eigenvalue weighted by Gasteiger charge is -2.36. The molecule has 0 aliphatic carbocycles. The van der Waals surface area contributed by atoms with E-state index in [1.54, 1.807) is 7.11 Å². The quantitative estimate of drug-likeness (QED) is 0.622. The zero-order valence-corrected chi connectivity index (χ0v) is 14.5. The maximum Gasteiger partial charge on any atom is 0.282 e. The number of amides is 1. The second-order valence-corrected chi connectivity index (χ2v) is 7.78. The summed E-state index contributed by atoms with van der Waals surface area (Å²) >= 11 is 0. The second kappa shape index (κ2) is 8.93. The molecule has 1 unspecified atom stereocenters. The summed E-state index contributed by atoms with van der Waals surface area (Å²) in [6, 6.07) is 0. The number of carbonyl (C=O) groups is 1. The Bertz CT molecular complexity index is 479. The highest BCUT2D eigenvalue weighted by molar-refractivity contribution is 7.86. The van der Waals surface area contributed by atoms with Gasteiger partial charge in [0.25, 0.3) is 10.2 Å². The first-order valence-corrected chi connectivity index (χ1v) is 9.55. The van der Waals surface area contributed by atoms with Crippen molar-refractivity contribution in [3.8, 4) is 0 Å². The van der Waals surface area contributed by atoms with Crippen molar-refractivity contribution >= 4 is 16.1 Å². The molecule has 0 aromatic rings. The Kier molecular flexibility index (Phi) is 7.22. The van der Waals surface area contributed by atoms with Crippen molar-refractivity contribution in [1.82, 2.24) is 13.9 Å². The zero-order valence-electron chi connectivity index (χ0n) is 13.7. The van der Waals surface area contributed by atoms with Crippen LogP contribution < -0.4 is 5.32 Å². The van der Waals surface area contributed by atoms with E-state index in [1.165, 1.54) is 8.61 Å². The number of hydrogen-bond donors (Lipinski definition) is 1. The van der Waals surface area contributed by atoms with Crippen LogP contribution in [0.4, 0.5) is 0 Å². The number of nitrogens with zero attached hydrogens (tertiary/aromatic N) is 2. The highest BCUT2D eigenvalue weighted by Crippen LogP contribution is 2.22. The lowest BCUT2D eigenvalue weighted by atomic mass is 9.99. The van der Waals surface area contributed by atoms with Gasteiger partial charge in [-0.3, -0.25) is 4.79 Å². The molecule has 2 aliphatic rings. The fourth-order valence-electron chi connectivity index (χ4n) is 2.88. The van der Waals surface area contributed by atoms with E-state index >= 15 is 0 Å². The van der Waals surface area contributed by atoms with Crippen molar-refractivity contribution < 1.29 is 22.7 Å². The van der Waals surface area contributed by atoms with Crippen molar-refractivity contribution in [2.24, 2.45) is 5.92 Å². The van der Waals surface area contributed by atoms with Gasteiger partial charge in [0, 0.05) is 46.4 Å². The Morgan fingerprint density at radius 3 is 2.70 bits per heavy atom. The van der Waals surface area contributed by atoms with Gasteiger partial charge in [-0.2, -0.15) is 17.0 Å². The van der Waals surface area contributed by atoms with Crippen LogP contribution in [-0.2, 0) is 24.5 Å². The van der Waals surface area contributed by atoms with Gasteiger partial charge >= 0.3 is 0 Å². The molecular weight excluding hydrogens is 322 g/mol. The second-order valence-electron chi connectivity index (χ2n) is 5.85. The summed E-state index contributed by atoms with van der Waals surface area (Å²) < 4.78 is 38.4. The molecule has 8 nitrogen and oxygen atoms in total. The van der Waals surface area contributed by atoms with E-state index in [2.05, 4.69) is 5.32 Å². The van der Waals surface area contributed by atoms with Gasteiger partial charge < -0.3 is 14.8 Å². The van der Waals surface area contributed by atoms with Crippen molar-refractivity contribution in [3.63, 3.8) is 0 Å². The molecule has 0 spiro atoms. The lowest BCUT2D eigenvalue weighted by molar-refractivity contribution is -0.126.